The predicted molar refractivity (Wildman–Crippen MR) is 65.6 cm³/mol. The molecule has 1 saturated heterocycles. The lowest BCUT2D eigenvalue weighted by atomic mass is 10.2. The predicted octanol–water partition coefficient (Wildman–Crippen LogP) is 2.91. The average Bonchev–Trinajstić information content (AvgIpc) is 2.84. The zero-order valence-electron chi connectivity index (χ0n) is 9.08. The van der Waals surface area contributed by atoms with Gasteiger partial charge in [0.25, 0.3) is 0 Å². The van der Waals surface area contributed by atoms with Crippen LogP contribution in [0.15, 0.2) is 5.38 Å². The summed E-state index contributed by atoms with van der Waals surface area (Å²) >= 11 is 7.46. The second-order valence-corrected chi connectivity index (χ2v) is 5.35. The molecule has 1 aromatic rings. The fourth-order valence-corrected chi connectivity index (χ4v) is 3.10. The molecule has 1 fully saturated rings. The van der Waals surface area contributed by atoms with Gasteiger partial charge >= 0.3 is 0 Å². The molecule has 0 spiro atoms. The molecule has 0 aromatic carbocycles. The standard InChI is InChI=1S/C11H17ClN2S/c1-9-3-2-5-14(9)6-4-11-13-10(7-12)8-15-11/h8-9H,2-7H2,1H3. The number of nitrogens with zero attached hydrogens (tertiary/aromatic N) is 2. The van der Waals surface area contributed by atoms with Crippen molar-refractivity contribution in [2.75, 3.05) is 13.1 Å². The van der Waals surface area contributed by atoms with E-state index in [0.717, 1.165) is 24.7 Å². The Hall–Kier alpha value is -0.120. The van der Waals surface area contributed by atoms with Crippen molar-refractivity contribution in [1.82, 2.24) is 9.88 Å². The van der Waals surface area contributed by atoms with Gasteiger partial charge in [-0.15, -0.1) is 22.9 Å². The molecule has 15 heavy (non-hydrogen) atoms. The fraction of sp³-hybridized carbons (Fsp3) is 0.727. The van der Waals surface area contributed by atoms with Crippen LogP contribution in [0.3, 0.4) is 0 Å². The number of hydrogen-bond donors (Lipinski definition) is 0. The van der Waals surface area contributed by atoms with Crippen molar-refractivity contribution >= 4 is 22.9 Å². The molecule has 0 aliphatic carbocycles. The van der Waals surface area contributed by atoms with Crippen LogP contribution in [-0.4, -0.2) is 29.0 Å². The minimum Gasteiger partial charge on any atom is -0.300 e. The highest BCUT2D eigenvalue weighted by atomic mass is 35.5. The molecule has 0 saturated carbocycles. The summed E-state index contributed by atoms with van der Waals surface area (Å²) in [5.74, 6) is 0.538. The maximum Gasteiger partial charge on any atom is 0.0941 e. The molecule has 0 N–H and O–H groups in total. The van der Waals surface area contributed by atoms with Crippen molar-refractivity contribution in [3.63, 3.8) is 0 Å². The van der Waals surface area contributed by atoms with Crippen molar-refractivity contribution < 1.29 is 0 Å². The van der Waals surface area contributed by atoms with E-state index in [1.165, 1.54) is 24.4 Å². The van der Waals surface area contributed by atoms with E-state index in [-0.39, 0.29) is 0 Å². The molecule has 1 aromatic heterocycles. The summed E-state index contributed by atoms with van der Waals surface area (Å²) in [6.07, 6.45) is 3.78. The second kappa shape index (κ2) is 5.28. The lowest BCUT2D eigenvalue weighted by Gasteiger charge is -2.19. The monoisotopic (exact) mass is 244 g/mol. The van der Waals surface area contributed by atoms with Crippen molar-refractivity contribution in [3.8, 4) is 0 Å². The topological polar surface area (TPSA) is 16.1 Å². The van der Waals surface area contributed by atoms with Gasteiger partial charge in [-0.3, -0.25) is 0 Å². The van der Waals surface area contributed by atoms with E-state index in [1.54, 1.807) is 11.3 Å². The van der Waals surface area contributed by atoms with E-state index in [1.807, 2.05) is 0 Å². The molecular formula is C11H17ClN2S. The molecule has 4 heteroatoms. The van der Waals surface area contributed by atoms with Crippen molar-refractivity contribution in [2.45, 2.75) is 38.1 Å². The maximum atomic E-state index is 5.72. The Morgan fingerprint density at radius 2 is 2.53 bits per heavy atom. The molecular weight excluding hydrogens is 228 g/mol. The van der Waals surface area contributed by atoms with E-state index in [2.05, 4.69) is 22.2 Å². The molecule has 84 valence electrons. The summed E-state index contributed by atoms with van der Waals surface area (Å²) in [4.78, 5) is 7.03. The maximum absolute atomic E-state index is 5.72. The van der Waals surface area contributed by atoms with Gasteiger partial charge in [-0.05, 0) is 26.3 Å². The summed E-state index contributed by atoms with van der Waals surface area (Å²) in [6.45, 7) is 4.73. The van der Waals surface area contributed by atoms with Gasteiger partial charge in [-0.25, -0.2) is 4.98 Å². The van der Waals surface area contributed by atoms with E-state index < -0.39 is 0 Å². The van der Waals surface area contributed by atoms with Gasteiger partial charge in [-0.1, -0.05) is 0 Å². The zero-order chi connectivity index (χ0) is 10.7. The average molecular weight is 245 g/mol. The minimum atomic E-state index is 0.538. The lowest BCUT2D eigenvalue weighted by molar-refractivity contribution is 0.272. The molecule has 1 aliphatic rings. The summed E-state index contributed by atoms with van der Waals surface area (Å²) in [7, 11) is 0. The highest BCUT2D eigenvalue weighted by molar-refractivity contribution is 7.09. The Kier molecular flexibility index (Phi) is 4.00. The Morgan fingerprint density at radius 3 is 3.13 bits per heavy atom. The summed E-state index contributed by atoms with van der Waals surface area (Å²) in [5, 5.41) is 3.29. The molecule has 2 heterocycles. The SMILES string of the molecule is CC1CCCN1CCc1nc(CCl)cs1. The molecule has 0 bridgehead atoms. The van der Waals surface area contributed by atoms with Gasteiger partial charge in [0, 0.05) is 24.4 Å². The molecule has 0 amide bonds. The van der Waals surface area contributed by atoms with Crippen LogP contribution in [0.4, 0.5) is 0 Å². The first-order valence-corrected chi connectivity index (χ1v) is 6.94. The van der Waals surface area contributed by atoms with Gasteiger partial charge in [0.05, 0.1) is 16.6 Å². The largest absolute Gasteiger partial charge is 0.300 e. The number of alkyl halides is 1. The summed E-state index contributed by atoms with van der Waals surface area (Å²) in [6, 6.07) is 0.762. The number of hydrogen-bond acceptors (Lipinski definition) is 3. The zero-order valence-corrected chi connectivity index (χ0v) is 10.7. The fourth-order valence-electron chi connectivity index (χ4n) is 2.09. The summed E-state index contributed by atoms with van der Waals surface area (Å²) < 4.78 is 0. The van der Waals surface area contributed by atoms with E-state index in [4.69, 9.17) is 11.6 Å². The van der Waals surface area contributed by atoms with Crippen LogP contribution in [0, 0.1) is 0 Å². The van der Waals surface area contributed by atoms with Gasteiger partial charge in [0.2, 0.25) is 0 Å². The number of halogens is 1. The molecule has 2 rings (SSSR count). The normalized spacial score (nSPS) is 22.4. The Labute approximate surface area is 100 Å². The van der Waals surface area contributed by atoms with Gasteiger partial charge in [0.15, 0.2) is 0 Å². The smallest absolute Gasteiger partial charge is 0.0941 e. The van der Waals surface area contributed by atoms with Gasteiger partial charge in [-0.2, -0.15) is 0 Å². The van der Waals surface area contributed by atoms with Crippen molar-refractivity contribution in [1.29, 1.82) is 0 Å². The highest BCUT2D eigenvalue weighted by Crippen LogP contribution is 2.18. The second-order valence-electron chi connectivity index (χ2n) is 4.14. The third kappa shape index (κ3) is 2.92. The van der Waals surface area contributed by atoms with E-state index >= 15 is 0 Å². The number of rotatable bonds is 4. The lowest BCUT2D eigenvalue weighted by Crippen LogP contribution is -2.28. The van der Waals surface area contributed by atoms with E-state index in [0.29, 0.717) is 5.88 Å². The third-order valence-electron chi connectivity index (χ3n) is 3.04. The van der Waals surface area contributed by atoms with E-state index in [9.17, 15) is 0 Å². The number of thiazole rings is 1. The van der Waals surface area contributed by atoms with Crippen LogP contribution in [0.5, 0.6) is 0 Å². The Balaban J connectivity index is 1.82. The van der Waals surface area contributed by atoms with Crippen LogP contribution in [0.25, 0.3) is 0 Å². The number of aromatic nitrogens is 1. The molecule has 1 aliphatic heterocycles. The highest BCUT2D eigenvalue weighted by Gasteiger charge is 2.19. The molecule has 1 atom stereocenters. The first-order valence-electron chi connectivity index (χ1n) is 5.53. The van der Waals surface area contributed by atoms with Crippen LogP contribution in [-0.2, 0) is 12.3 Å². The van der Waals surface area contributed by atoms with Crippen molar-refractivity contribution in [2.24, 2.45) is 0 Å². The van der Waals surface area contributed by atoms with Crippen LogP contribution in [0.1, 0.15) is 30.5 Å². The van der Waals surface area contributed by atoms with Crippen molar-refractivity contribution in [3.05, 3.63) is 16.1 Å². The van der Waals surface area contributed by atoms with Gasteiger partial charge < -0.3 is 4.90 Å². The Morgan fingerprint density at radius 1 is 1.67 bits per heavy atom. The first kappa shape index (κ1) is 11.4. The minimum absolute atomic E-state index is 0.538. The van der Waals surface area contributed by atoms with Crippen LogP contribution in [0.2, 0.25) is 0 Å². The van der Waals surface area contributed by atoms with Gasteiger partial charge in [0.1, 0.15) is 0 Å². The van der Waals surface area contributed by atoms with Crippen LogP contribution >= 0.6 is 22.9 Å². The molecule has 2 nitrogen and oxygen atoms in total. The molecule has 0 radical (unpaired) electrons. The third-order valence-corrected chi connectivity index (χ3v) is 4.27. The first-order chi connectivity index (χ1) is 7.29. The molecule has 1 unspecified atom stereocenters. The Bertz CT molecular complexity index is 313. The number of likely N-dealkylation sites (tertiary alicyclic amines) is 1. The van der Waals surface area contributed by atoms with Crippen LogP contribution < -0.4 is 0 Å². The summed E-state index contributed by atoms with van der Waals surface area (Å²) in [5.41, 5.74) is 1.02. The quantitative estimate of drug-likeness (QED) is 0.758.